The van der Waals surface area contributed by atoms with E-state index in [2.05, 4.69) is 235 Å². The van der Waals surface area contributed by atoms with Gasteiger partial charge >= 0.3 is 0 Å². The quantitative estimate of drug-likeness (QED) is 0.173. The Morgan fingerprint density at radius 3 is 1.24 bits per heavy atom. The van der Waals surface area contributed by atoms with Gasteiger partial charge in [-0.3, -0.25) is 0 Å². The van der Waals surface area contributed by atoms with E-state index in [0.717, 1.165) is 17.1 Å². The highest BCUT2D eigenvalue weighted by Gasteiger charge is 2.38. The Bertz CT molecular complexity index is 3970. The number of hydrogen-bond donors (Lipinski definition) is 0. The molecule has 0 aliphatic carbocycles. The molecule has 4 heteroatoms. The minimum atomic E-state index is -0.252. The zero-order valence-corrected chi connectivity index (χ0v) is 37.7. The molecule has 0 bridgehead atoms. The smallest absolute Gasteiger partial charge is 0.0582 e. The van der Waals surface area contributed by atoms with Crippen molar-refractivity contribution in [3.8, 4) is 17.1 Å². The molecule has 66 heavy (non-hydrogen) atoms. The van der Waals surface area contributed by atoms with E-state index in [0.29, 0.717) is 0 Å². The van der Waals surface area contributed by atoms with E-state index in [1.807, 2.05) is 0 Å². The average molecular weight is 847 g/mol. The summed E-state index contributed by atoms with van der Waals surface area (Å²) in [5, 5.41) is 7.85. The third-order valence-electron chi connectivity index (χ3n) is 16.2. The lowest BCUT2D eigenvalue weighted by Gasteiger charge is -2.38. The molecular formula is C62H46N4. The van der Waals surface area contributed by atoms with Crippen molar-refractivity contribution >= 4 is 82.5 Å². The largest absolute Gasteiger partial charge is 0.310 e. The van der Waals surface area contributed by atoms with E-state index in [4.69, 9.17) is 0 Å². The second kappa shape index (κ2) is 12.3. The van der Waals surface area contributed by atoms with Crippen LogP contribution in [-0.4, -0.2) is 13.7 Å². The summed E-state index contributed by atoms with van der Waals surface area (Å²) in [5.74, 6) is 0.203. The zero-order valence-electron chi connectivity index (χ0n) is 37.7. The molecule has 0 fully saturated rings. The predicted molar refractivity (Wildman–Crippen MR) is 276 cm³/mol. The van der Waals surface area contributed by atoms with Gasteiger partial charge in [-0.25, -0.2) is 0 Å². The first-order valence-corrected chi connectivity index (χ1v) is 23.5. The number of nitrogens with zero attached hydrogens (tertiary/aromatic N) is 4. The Balaban J connectivity index is 0.991. The van der Waals surface area contributed by atoms with E-state index in [9.17, 15) is 0 Å². The molecule has 6 heterocycles. The van der Waals surface area contributed by atoms with E-state index in [1.165, 1.54) is 116 Å². The molecule has 1 unspecified atom stereocenters. The maximum Gasteiger partial charge on any atom is 0.0582 e. The van der Waals surface area contributed by atoms with Gasteiger partial charge in [0.05, 0.1) is 50.2 Å². The molecule has 15 rings (SSSR count). The first-order valence-electron chi connectivity index (χ1n) is 23.5. The molecule has 3 aliphatic heterocycles. The zero-order chi connectivity index (χ0) is 44.0. The van der Waals surface area contributed by atoms with Gasteiger partial charge in [-0.1, -0.05) is 144 Å². The molecule has 4 nitrogen and oxygen atoms in total. The van der Waals surface area contributed by atoms with Crippen LogP contribution in [0.2, 0.25) is 0 Å². The third-order valence-corrected chi connectivity index (χ3v) is 16.2. The number of benzene rings is 9. The van der Waals surface area contributed by atoms with Crippen molar-refractivity contribution in [2.45, 2.75) is 51.4 Å². The van der Waals surface area contributed by atoms with Crippen molar-refractivity contribution in [1.82, 2.24) is 13.7 Å². The molecule has 9 aromatic carbocycles. The summed E-state index contributed by atoms with van der Waals surface area (Å²) < 4.78 is 7.57. The summed E-state index contributed by atoms with van der Waals surface area (Å²) in [4.78, 5) is 2.54. The van der Waals surface area contributed by atoms with Crippen LogP contribution < -0.4 is 4.90 Å². The molecule has 12 aromatic rings. The highest BCUT2D eigenvalue weighted by atomic mass is 15.1. The molecule has 0 saturated carbocycles. The van der Waals surface area contributed by atoms with Crippen LogP contribution in [0.1, 0.15) is 73.9 Å². The van der Waals surface area contributed by atoms with Gasteiger partial charge in [0.1, 0.15) is 0 Å². The summed E-state index contributed by atoms with van der Waals surface area (Å²) in [7, 11) is 0. The molecular weight excluding hydrogens is 801 g/mol. The third kappa shape index (κ3) is 4.36. The first-order chi connectivity index (χ1) is 32.2. The SMILES string of the molecule is CC1c2cc(N(c3ccc4c(c3)C(C)(C)c3cccc5c6ccccc6n-4c35)c3ccc4c(c3)C(C)(C)c3cccc5c6ccccc6n-4c35)ccc2-n2c3ccccc3c3cccc1c32. The maximum absolute atomic E-state index is 2.54. The van der Waals surface area contributed by atoms with Crippen LogP contribution in [-0.2, 0) is 10.8 Å². The lowest BCUT2D eigenvalue weighted by Crippen LogP contribution is -2.27. The van der Waals surface area contributed by atoms with Crippen LogP contribution >= 0.6 is 0 Å². The molecule has 0 amide bonds. The van der Waals surface area contributed by atoms with Gasteiger partial charge in [0.2, 0.25) is 0 Å². The van der Waals surface area contributed by atoms with Gasteiger partial charge in [-0.05, 0) is 106 Å². The topological polar surface area (TPSA) is 18.0 Å². The molecule has 3 aromatic heterocycles. The number of anilines is 3. The number of fused-ring (bicyclic) bond motifs is 15. The second-order valence-corrected chi connectivity index (χ2v) is 20.2. The highest BCUT2D eigenvalue weighted by Crippen LogP contribution is 2.53. The Hall–Kier alpha value is -7.82. The minimum Gasteiger partial charge on any atom is -0.310 e. The minimum absolute atomic E-state index is 0.203. The molecule has 3 aliphatic rings. The maximum atomic E-state index is 2.54. The van der Waals surface area contributed by atoms with Crippen molar-refractivity contribution in [2.75, 3.05) is 4.90 Å². The first kappa shape index (κ1) is 36.5. The molecule has 0 spiro atoms. The van der Waals surface area contributed by atoms with Crippen molar-refractivity contribution in [3.05, 3.63) is 215 Å². The van der Waals surface area contributed by atoms with E-state index >= 15 is 0 Å². The monoisotopic (exact) mass is 846 g/mol. The van der Waals surface area contributed by atoms with Gasteiger partial charge in [0, 0.05) is 66.1 Å². The number of aromatic nitrogens is 3. The van der Waals surface area contributed by atoms with Crippen molar-refractivity contribution in [2.24, 2.45) is 0 Å². The highest BCUT2D eigenvalue weighted by molar-refractivity contribution is 6.14. The molecule has 1 atom stereocenters. The van der Waals surface area contributed by atoms with Gasteiger partial charge in [-0.2, -0.15) is 0 Å². The second-order valence-electron chi connectivity index (χ2n) is 20.2. The van der Waals surface area contributed by atoms with Crippen molar-refractivity contribution < 1.29 is 0 Å². The van der Waals surface area contributed by atoms with Crippen LogP contribution in [0.25, 0.3) is 82.5 Å². The van der Waals surface area contributed by atoms with Crippen LogP contribution in [0.5, 0.6) is 0 Å². The van der Waals surface area contributed by atoms with Crippen LogP contribution in [0.15, 0.2) is 182 Å². The van der Waals surface area contributed by atoms with Crippen molar-refractivity contribution in [3.63, 3.8) is 0 Å². The summed E-state index contributed by atoms with van der Waals surface area (Å²) in [6.07, 6.45) is 0. The standard InChI is InChI=1S/C62H46N4/c1-36-40-18-12-19-44-41-15-6-9-24-52(41)64(58(40)44)55-30-27-37(33-47(36)55)63(38-28-31-56-50(34-38)61(2,3)48-22-13-20-45-42-16-7-10-25-53(42)65(56)59(45)48)39-29-32-57-51(35-39)62(4,5)49-23-14-21-46-43-17-8-11-26-54(43)66(57)60(46)49/h6-36H,1-5H3. The lowest BCUT2D eigenvalue weighted by atomic mass is 9.74. The summed E-state index contributed by atoms with van der Waals surface area (Å²) >= 11 is 0. The van der Waals surface area contributed by atoms with E-state index in [1.54, 1.807) is 0 Å². The average Bonchev–Trinajstić information content (AvgIpc) is 3.99. The van der Waals surface area contributed by atoms with Crippen LogP contribution in [0.4, 0.5) is 17.1 Å². The van der Waals surface area contributed by atoms with Crippen molar-refractivity contribution in [1.29, 1.82) is 0 Å². The summed E-state index contributed by atoms with van der Waals surface area (Å²) in [6.45, 7) is 12.0. The van der Waals surface area contributed by atoms with Gasteiger partial charge in [0.15, 0.2) is 0 Å². The fourth-order valence-electron chi connectivity index (χ4n) is 13.0. The Morgan fingerprint density at radius 2 is 0.742 bits per heavy atom. The van der Waals surface area contributed by atoms with E-state index in [-0.39, 0.29) is 16.7 Å². The number of rotatable bonds is 3. The Morgan fingerprint density at radius 1 is 0.348 bits per heavy atom. The number of hydrogen-bond acceptors (Lipinski definition) is 1. The fourth-order valence-corrected chi connectivity index (χ4v) is 13.0. The Labute approximate surface area is 383 Å². The normalized spacial score (nSPS) is 16.0. The number of para-hydroxylation sites is 6. The predicted octanol–water partition coefficient (Wildman–Crippen LogP) is 16.2. The fraction of sp³-hybridized carbons (Fsp3) is 0.129. The van der Waals surface area contributed by atoms with Gasteiger partial charge < -0.3 is 18.6 Å². The molecule has 314 valence electrons. The molecule has 0 radical (unpaired) electrons. The Kier molecular flexibility index (Phi) is 6.80. The van der Waals surface area contributed by atoms with Gasteiger partial charge in [-0.15, -0.1) is 0 Å². The van der Waals surface area contributed by atoms with E-state index < -0.39 is 0 Å². The lowest BCUT2D eigenvalue weighted by molar-refractivity contribution is 0.629. The molecule has 0 saturated heterocycles. The van der Waals surface area contributed by atoms with Crippen LogP contribution in [0.3, 0.4) is 0 Å². The van der Waals surface area contributed by atoms with Crippen LogP contribution in [0, 0.1) is 0 Å². The summed E-state index contributed by atoms with van der Waals surface area (Å²) in [5.41, 5.74) is 22.5. The summed E-state index contributed by atoms with van der Waals surface area (Å²) in [6, 6.07) is 69.1. The van der Waals surface area contributed by atoms with Gasteiger partial charge in [0.25, 0.3) is 0 Å². The molecule has 0 N–H and O–H groups in total.